The molecule has 2 heterocycles. The first kappa shape index (κ1) is 12.0. The fraction of sp³-hybridized carbons (Fsp3) is 0.273. The van der Waals surface area contributed by atoms with Gasteiger partial charge in [0.25, 0.3) is 0 Å². The van der Waals surface area contributed by atoms with Crippen LogP contribution in [0, 0.1) is 10.1 Å². The SMILES string of the molecule is O=[N+]([O-])c1cccnc1NCCCn1ccnc1. The lowest BCUT2D eigenvalue weighted by atomic mass is 10.3. The summed E-state index contributed by atoms with van der Waals surface area (Å²) in [6, 6.07) is 2.99. The predicted octanol–water partition coefficient (Wildman–Crippen LogP) is 1.69. The molecule has 1 N–H and O–H groups in total. The molecule has 0 spiro atoms. The van der Waals surface area contributed by atoms with Gasteiger partial charge in [0.05, 0.1) is 11.3 Å². The predicted molar refractivity (Wildman–Crippen MR) is 66.2 cm³/mol. The molecule has 18 heavy (non-hydrogen) atoms. The zero-order valence-corrected chi connectivity index (χ0v) is 9.69. The second-order valence-corrected chi connectivity index (χ2v) is 3.71. The van der Waals surface area contributed by atoms with Crippen molar-refractivity contribution in [1.82, 2.24) is 14.5 Å². The first-order chi connectivity index (χ1) is 8.77. The first-order valence-electron chi connectivity index (χ1n) is 5.56. The molecule has 0 aliphatic rings. The van der Waals surface area contributed by atoms with E-state index in [0.29, 0.717) is 12.4 Å². The van der Waals surface area contributed by atoms with Crippen LogP contribution in [0.4, 0.5) is 11.5 Å². The Kier molecular flexibility index (Phi) is 3.85. The first-order valence-corrected chi connectivity index (χ1v) is 5.56. The number of imidazole rings is 1. The van der Waals surface area contributed by atoms with Crippen molar-refractivity contribution < 1.29 is 4.92 Å². The average Bonchev–Trinajstić information content (AvgIpc) is 2.88. The van der Waals surface area contributed by atoms with Crippen LogP contribution in [0.1, 0.15) is 6.42 Å². The number of hydrogen-bond acceptors (Lipinski definition) is 5. The van der Waals surface area contributed by atoms with Gasteiger partial charge in [-0.25, -0.2) is 9.97 Å². The molecule has 0 unspecified atom stereocenters. The fourth-order valence-corrected chi connectivity index (χ4v) is 1.57. The summed E-state index contributed by atoms with van der Waals surface area (Å²) in [5.74, 6) is 0.313. The Bertz CT molecular complexity index is 512. The Balaban J connectivity index is 1.85. The van der Waals surface area contributed by atoms with Crippen LogP contribution in [-0.2, 0) is 6.54 Å². The summed E-state index contributed by atoms with van der Waals surface area (Å²) < 4.78 is 1.95. The van der Waals surface area contributed by atoms with Crippen molar-refractivity contribution in [2.24, 2.45) is 0 Å². The molecule has 0 saturated carbocycles. The zero-order valence-electron chi connectivity index (χ0n) is 9.69. The number of nitrogens with zero attached hydrogens (tertiary/aromatic N) is 4. The van der Waals surface area contributed by atoms with Crippen LogP contribution in [0.5, 0.6) is 0 Å². The lowest BCUT2D eigenvalue weighted by Gasteiger charge is -2.06. The van der Waals surface area contributed by atoms with E-state index in [2.05, 4.69) is 15.3 Å². The highest BCUT2D eigenvalue weighted by Crippen LogP contribution is 2.19. The molecule has 2 aromatic heterocycles. The van der Waals surface area contributed by atoms with E-state index >= 15 is 0 Å². The van der Waals surface area contributed by atoms with Crippen molar-refractivity contribution in [1.29, 1.82) is 0 Å². The van der Waals surface area contributed by atoms with Gasteiger partial charge in [-0.15, -0.1) is 0 Å². The van der Waals surface area contributed by atoms with Crippen LogP contribution < -0.4 is 5.32 Å². The molecule has 0 saturated heterocycles. The molecule has 0 atom stereocenters. The second-order valence-electron chi connectivity index (χ2n) is 3.71. The van der Waals surface area contributed by atoms with Gasteiger partial charge in [-0.05, 0) is 12.5 Å². The molecule has 94 valence electrons. The Morgan fingerprint density at radius 2 is 2.33 bits per heavy atom. The normalized spacial score (nSPS) is 10.2. The van der Waals surface area contributed by atoms with E-state index in [4.69, 9.17) is 0 Å². The summed E-state index contributed by atoms with van der Waals surface area (Å²) in [7, 11) is 0. The summed E-state index contributed by atoms with van der Waals surface area (Å²) in [6.45, 7) is 1.43. The third-order valence-corrected chi connectivity index (χ3v) is 2.43. The smallest absolute Gasteiger partial charge is 0.311 e. The fourth-order valence-electron chi connectivity index (χ4n) is 1.57. The average molecular weight is 247 g/mol. The van der Waals surface area contributed by atoms with Gasteiger partial charge in [0.1, 0.15) is 0 Å². The van der Waals surface area contributed by atoms with Crippen molar-refractivity contribution >= 4 is 11.5 Å². The molecule has 7 heteroatoms. The second kappa shape index (κ2) is 5.76. The van der Waals surface area contributed by atoms with E-state index in [1.54, 1.807) is 18.6 Å². The largest absolute Gasteiger partial charge is 0.364 e. The summed E-state index contributed by atoms with van der Waals surface area (Å²) in [4.78, 5) is 18.2. The number of nitrogens with one attached hydrogen (secondary N) is 1. The Hall–Kier alpha value is -2.44. The minimum Gasteiger partial charge on any atom is -0.364 e. The van der Waals surface area contributed by atoms with Gasteiger partial charge in [0.2, 0.25) is 5.82 Å². The van der Waals surface area contributed by atoms with Crippen molar-refractivity contribution in [3.63, 3.8) is 0 Å². The highest BCUT2D eigenvalue weighted by Gasteiger charge is 2.12. The molecule has 0 aliphatic carbocycles. The van der Waals surface area contributed by atoms with E-state index in [9.17, 15) is 10.1 Å². The van der Waals surface area contributed by atoms with E-state index in [1.807, 2.05) is 10.8 Å². The maximum atomic E-state index is 10.8. The Labute approximate surface area is 104 Å². The van der Waals surface area contributed by atoms with Gasteiger partial charge >= 0.3 is 5.69 Å². The quantitative estimate of drug-likeness (QED) is 0.477. The molecule has 7 nitrogen and oxygen atoms in total. The van der Waals surface area contributed by atoms with E-state index in [1.165, 1.54) is 12.3 Å². The van der Waals surface area contributed by atoms with Gasteiger partial charge in [-0.2, -0.15) is 0 Å². The molecule has 0 amide bonds. The summed E-state index contributed by atoms with van der Waals surface area (Å²) >= 11 is 0. The zero-order chi connectivity index (χ0) is 12.8. The van der Waals surface area contributed by atoms with Gasteiger partial charge in [-0.1, -0.05) is 0 Å². The van der Waals surface area contributed by atoms with Crippen LogP contribution in [0.3, 0.4) is 0 Å². The lowest BCUT2D eigenvalue weighted by molar-refractivity contribution is -0.384. The van der Waals surface area contributed by atoms with Crippen LogP contribution in [0.25, 0.3) is 0 Å². The number of aryl methyl sites for hydroxylation is 1. The molecule has 0 fully saturated rings. The summed E-state index contributed by atoms with van der Waals surface area (Å²) in [6.07, 6.45) is 7.71. The molecular weight excluding hydrogens is 234 g/mol. The molecule has 2 aromatic rings. The maximum Gasteiger partial charge on any atom is 0.311 e. The number of nitro groups is 1. The van der Waals surface area contributed by atoms with Gasteiger partial charge in [0, 0.05) is 37.7 Å². The van der Waals surface area contributed by atoms with E-state index in [-0.39, 0.29) is 5.69 Å². The molecule has 0 bridgehead atoms. The topological polar surface area (TPSA) is 85.9 Å². The van der Waals surface area contributed by atoms with E-state index in [0.717, 1.165) is 13.0 Å². The molecule has 0 aromatic carbocycles. The van der Waals surface area contributed by atoms with E-state index < -0.39 is 4.92 Å². The Morgan fingerprint density at radius 1 is 1.44 bits per heavy atom. The maximum absolute atomic E-state index is 10.8. The minimum absolute atomic E-state index is 0.000121. The van der Waals surface area contributed by atoms with Gasteiger partial charge < -0.3 is 9.88 Å². The summed E-state index contributed by atoms with van der Waals surface area (Å²) in [5.41, 5.74) is 0.000121. The van der Waals surface area contributed by atoms with Gasteiger partial charge in [0.15, 0.2) is 0 Å². The van der Waals surface area contributed by atoms with Crippen molar-refractivity contribution in [2.75, 3.05) is 11.9 Å². The van der Waals surface area contributed by atoms with Crippen LogP contribution >= 0.6 is 0 Å². The van der Waals surface area contributed by atoms with Crippen LogP contribution in [0.15, 0.2) is 37.1 Å². The van der Waals surface area contributed by atoms with Crippen molar-refractivity contribution in [3.8, 4) is 0 Å². The third kappa shape index (κ3) is 3.03. The summed E-state index contributed by atoms with van der Waals surface area (Å²) in [5, 5.41) is 13.7. The highest BCUT2D eigenvalue weighted by molar-refractivity contribution is 5.54. The molecular formula is C11H13N5O2. The number of rotatable bonds is 6. The molecule has 2 rings (SSSR count). The van der Waals surface area contributed by atoms with Gasteiger partial charge in [-0.3, -0.25) is 10.1 Å². The number of pyridine rings is 1. The number of hydrogen-bond donors (Lipinski definition) is 1. The monoisotopic (exact) mass is 247 g/mol. The van der Waals surface area contributed by atoms with Crippen LogP contribution in [-0.4, -0.2) is 26.0 Å². The minimum atomic E-state index is -0.439. The Morgan fingerprint density at radius 3 is 3.06 bits per heavy atom. The highest BCUT2D eigenvalue weighted by atomic mass is 16.6. The van der Waals surface area contributed by atoms with Crippen molar-refractivity contribution in [2.45, 2.75) is 13.0 Å². The molecule has 0 radical (unpaired) electrons. The van der Waals surface area contributed by atoms with Crippen LogP contribution in [0.2, 0.25) is 0 Å². The molecule has 0 aliphatic heterocycles. The van der Waals surface area contributed by atoms with Crippen molar-refractivity contribution in [3.05, 3.63) is 47.2 Å². The standard InChI is InChI=1S/C11H13N5O2/c17-16(18)10-3-1-4-13-11(10)14-5-2-7-15-8-6-12-9-15/h1,3-4,6,8-9H,2,5,7H2,(H,13,14). The third-order valence-electron chi connectivity index (χ3n) is 2.43. The number of aromatic nitrogens is 3. The lowest BCUT2D eigenvalue weighted by Crippen LogP contribution is -2.08. The number of anilines is 1.